The molecule has 0 unspecified atom stereocenters. The van der Waals surface area contributed by atoms with Crippen molar-refractivity contribution in [2.45, 2.75) is 0 Å². The average Bonchev–Trinajstić information content (AvgIpc) is 1.94. The lowest BCUT2D eigenvalue weighted by atomic mass is 10.4. The molecule has 0 saturated carbocycles. The summed E-state index contributed by atoms with van der Waals surface area (Å²) in [7, 11) is 0. The zero-order valence-electron chi connectivity index (χ0n) is 5.32. The fourth-order valence-electron chi connectivity index (χ4n) is 0.574. The first kappa shape index (κ1) is 7.39. The van der Waals surface area contributed by atoms with E-state index >= 15 is 0 Å². The van der Waals surface area contributed by atoms with E-state index in [1.807, 2.05) is 0 Å². The molecule has 0 atom stereocenters. The summed E-state index contributed by atoms with van der Waals surface area (Å²) in [6, 6.07) is 1.16. The highest BCUT2D eigenvalue weighted by Gasteiger charge is 2.16. The molecule has 0 fully saturated rings. The first-order chi connectivity index (χ1) is 5.13. The number of nitrogens with two attached hydrogens (primary N) is 1. The summed E-state index contributed by atoms with van der Waals surface area (Å²) in [5.41, 5.74) is 4.77. The molecule has 1 aromatic heterocycles. The molecule has 1 aromatic rings. The molecule has 5 nitrogen and oxygen atoms in total. The minimum atomic E-state index is -1.09. The van der Waals surface area contributed by atoms with Crippen molar-refractivity contribution in [1.82, 2.24) is 4.98 Å². The second-order valence-electron chi connectivity index (χ2n) is 1.79. The summed E-state index contributed by atoms with van der Waals surface area (Å²) in [4.78, 5) is 12.3. The molecule has 2 N–H and O–H groups in total. The summed E-state index contributed by atoms with van der Waals surface area (Å²) in [6.07, 6.45) is 1.08. The summed E-state index contributed by atoms with van der Waals surface area (Å²) in [5, 5.41) is 10.0. The van der Waals surface area contributed by atoms with E-state index in [1.54, 1.807) is 0 Å². The van der Waals surface area contributed by atoms with Crippen LogP contribution in [-0.2, 0) is 0 Å². The number of nitrogen functional groups attached to an aromatic ring is 1. The van der Waals surface area contributed by atoms with Gasteiger partial charge in [-0.25, -0.2) is 0 Å². The van der Waals surface area contributed by atoms with Crippen LogP contribution in [0, 0.1) is 15.9 Å². The molecule has 0 amide bonds. The molecule has 0 saturated heterocycles. The van der Waals surface area contributed by atoms with Gasteiger partial charge in [-0.2, -0.15) is 4.39 Å². The summed E-state index contributed by atoms with van der Waals surface area (Å²) in [5.74, 6) is -1.93. The molecule has 1 rings (SSSR count). The Bertz CT molecular complexity index is 302. The van der Waals surface area contributed by atoms with Gasteiger partial charge < -0.3 is 15.8 Å². The molecule has 0 aromatic carbocycles. The SMILES string of the molecule is Nc1ccnc([N+](=O)[O-])c1F. The van der Waals surface area contributed by atoms with Gasteiger partial charge in [0.15, 0.2) is 0 Å². The van der Waals surface area contributed by atoms with Crippen LogP contribution in [0.15, 0.2) is 12.3 Å². The van der Waals surface area contributed by atoms with Crippen molar-refractivity contribution in [3.8, 4) is 0 Å². The van der Waals surface area contributed by atoms with Gasteiger partial charge in [0.2, 0.25) is 5.82 Å². The van der Waals surface area contributed by atoms with Gasteiger partial charge in [0, 0.05) is 6.07 Å². The standard InChI is InChI=1S/C5H4FN3O2/c6-4-3(7)1-2-8-5(4)9(10)11/h1-2H,(H2,7,8). The Morgan fingerprint density at radius 3 is 2.82 bits per heavy atom. The van der Waals surface area contributed by atoms with E-state index < -0.39 is 16.6 Å². The van der Waals surface area contributed by atoms with Gasteiger partial charge in [-0.1, -0.05) is 0 Å². The Hall–Kier alpha value is -1.72. The molecule has 1 heterocycles. The number of halogens is 1. The molecular weight excluding hydrogens is 153 g/mol. The second kappa shape index (κ2) is 2.49. The van der Waals surface area contributed by atoms with Crippen LogP contribution < -0.4 is 5.73 Å². The number of nitrogens with zero attached hydrogens (tertiary/aromatic N) is 2. The third kappa shape index (κ3) is 1.23. The van der Waals surface area contributed by atoms with E-state index in [1.165, 1.54) is 0 Å². The zero-order valence-corrected chi connectivity index (χ0v) is 5.32. The van der Waals surface area contributed by atoms with Gasteiger partial charge in [-0.3, -0.25) is 0 Å². The molecule has 0 aliphatic rings. The minimum Gasteiger partial charge on any atom is -0.396 e. The van der Waals surface area contributed by atoms with E-state index in [4.69, 9.17) is 5.73 Å². The second-order valence-corrected chi connectivity index (χ2v) is 1.79. The van der Waals surface area contributed by atoms with E-state index in [2.05, 4.69) is 4.98 Å². The van der Waals surface area contributed by atoms with Crippen molar-refractivity contribution < 1.29 is 9.31 Å². The lowest BCUT2D eigenvalue weighted by molar-refractivity contribution is -0.392. The molecule has 58 valence electrons. The molecule has 6 heteroatoms. The normalized spacial score (nSPS) is 9.55. The third-order valence-electron chi connectivity index (χ3n) is 1.07. The highest BCUT2D eigenvalue weighted by molar-refractivity contribution is 5.44. The predicted molar refractivity (Wildman–Crippen MR) is 35.3 cm³/mol. The lowest BCUT2D eigenvalue weighted by Gasteiger charge is -1.94. The van der Waals surface area contributed by atoms with Gasteiger partial charge in [-0.05, 0) is 9.91 Å². The molecule has 0 aliphatic heterocycles. The van der Waals surface area contributed by atoms with Gasteiger partial charge in [0.1, 0.15) is 6.20 Å². The number of hydrogen-bond donors (Lipinski definition) is 1. The summed E-state index contributed by atoms with van der Waals surface area (Å²) >= 11 is 0. The van der Waals surface area contributed by atoms with Crippen molar-refractivity contribution >= 4 is 11.5 Å². The monoisotopic (exact) mass is 157 g/mol. The molecule has 0 aliphatic carbocycles. The van der Waals surface area contributed by atoms with Crippen molar-refractivity contribution in [1.29, 1.82) is 0 Å². The molecular formula is C5H4FN3O2. The lowest BCUT2D eigenvalue weighted by Crippen LogP contribution is -1.99. The average molecular weight is 157 g/mol. The van der Waals surface area contributed by atoms with Gasteiger partial charge >= 0.3 is 5.82 Å². The minimum absolute atomic E-state index is 0.272. The maximum Gasteiger partial charge on any atom is 0.401 e. The van der Waals surface area contributed by atoms with Gasteiger partial charge in [-0.15, -0.1) is 0 Å². The van der Waals surface area contributed by atoms with E-state index in [0.29, 0.717) is 0 Å². The number of anilines is 1. The Morgan fingerprint density at radius 2 is 2.36 bits per heavy atom. The zero-order chi connectivity index (χ0) is 8.43. The van der Waals surface area contributed by atoms with Crippen molar-refractivity contribution in [3.63, 3.8) is 0 Å². The smallest absolute Gasteiger partial charge is 0.396 e. The van der Waals surface area contributed by atoms with Gasteiger partial charge in [0.25, 0.3) is 0 Å². The summed E-state index contributed by atoms with van der Waals surface area (Å²) in [6.45, 7) is 0. The largest absolute Gasteiger partial charge is 0.401 e. The van der Waals surface area contributed by atoms with E-state index in [9.17, 15) is 14.5 Å². The first-order valence-electron chi connectivity index (χ1n) is 2.67. The van der Waals surface area contributed by atoms with Crippen LogP contribution in [0.3, 0.4) is 0 Å². The van der Waals surface area contributed by atoms with Crippen molar-refractivity contribution in [2.75, 3.05) is 5.73 Å². The Balaban J connectivity index is 3.27. The van der Waals surface area contributed by atoms with Crippen LogP contribution in [0.5, 0.6) is 0 Å². The third-order valence-corrected chi connectivity index (χ3v) is 1.07. The predicted octanol–water partition coefficient (Wildman–Crippen LogP) is 0.711. The highest BCUT2D eigenvalue weighted by atomic mass is 19.1. The number of hydrogen-bond acceptors (Lipinski definition) is 4. The molecule has 0 radical (unpaired) electrons. The van der Waals surface area contributed by atoms with Crippen molar-refractivity contribution in [3.05, 3.63) is 28.2 Å². The number of pyridine rings is 1. The molecule has 11 heavy (non-hydrogen) atoms. The maximum atomic E-state index is 12.6. The molecule has 0 spiro atoms. The van der Waals surface area contributed by atoms with E-state index in [-0.39, 0.29) is 5.69 Å². The Kier molecular flexibility index (Phi) is 1.67. The first-order valence-corrected chi connectivity index (χ1v) is 2.67. The van der Waals surface area contributed by atoms with Crippen LogP contribution in [-0.4, -0.2) is 9.91 Å². The highest BCUT2D eigenvalue weighted by Crippen LogP contribution is 2.17. The number of aromatic nitrogens is 1. The quantitative estimate of drug-likeness (QED) is 0.480. The Morgan fingerprint density at radius 1 is 1.73 bits per heavy atom. The van der Waals surface area contributed by atoms with Crippen LogP contribution in [0.25, 0.3) is 0 Å². The van der Waals surface area contributed by atoms with E-state index in [0.717, 1.165) is 12.3 Å². The topological polar surface area (TPSA) is 82.0 Å². The number of nitro groups is 1. The maximum absolute atomic E-state index is 12.6. The van der Waals surface area contributed by atoms with Crippen LogP contribution in [0.1, 0.15) is 0 Å². The molecule has 0 bridgehead atoms. The number of rotatable bonds is 1. The fraction of sp³-hybridized carbons (Fsp3) is 0. The van der Waals surface area contributed by atoms with Crippen LogP contribution in [0.4, 0.5) is 15.9 Å². The van der Waals surface area contributed by atoms with Crippen LogP contribution >= 0.6 is 0 Å². The summed E-state index contributed by atoms with van der Waals surface area (Å²) < 4.78 is 12.6. The fourth-order valence-corrected chi connectivity index (χ4v) is 0.574. The van der Waals surface area contributed by atoms with Gasteiger partial charge in [0.05, 0.1) is 5.69 Å². The Labute approximate surface area is 60.8 Å². The van der Waals surface area contributed by atoms with Crippen LogP contribution in [0.2, 0.25) is 0 Å². The van der Waals surface area contributed by atoms with Crippen molar-refractivity contribution in [2.24, 2.45) is 0 Å².